The van der Waals surface area contributed by atoms with Crippen molar-refractivity contribution in [3.05, 3.63) is 66.0 Å². The van der Waals surface area contributed by atoms with Gasteiger partial charge in [0.15, 0.2) is 5.96 Å². The molecule has 31 heavy (non-hydrogen) atoms. The molecule has 0 aromatic heterocycles. The fourth-order valence-corrected chi connectivity index (χ4v) is 3.60. The number of nitrogens with two attached hydrogens (primary N) is 1. The van der Waals surface area contributed by atoms with E-state index in [1.54, 1.807) is 19.2 Å². The summed E-state index contributed by atoms with van der Waals surface area (Å²) in [6.45, 7) is 2.01. The highest BCUT2D eigenvalue weighted by Gasteiger charge is 2.24. The molecule has 0 aliphatic carbocycles. The van der Waals surface area contributed by atoms with Gasteiger partial charge in [0.1, 0.15) is 17.7 Å². The van der Waals surface area contributed by atoms with Gasteiger partial charge in [-0.05, 0) is 36.2 Å². The Balaban J connectivity index is 0.00000341. The minimum Gasteiger partial charge on any atom is -0.490 e. The Kier molecular flexibility index (Phi) is 10.0. The predicted octanol–water partition coefficient (Wildman–Crippen LogP) is 3.21. The molecule has 2 aromatic rings. The summed E-state index contributed by atoms with van der Waals surface area (Å²) in [6.07, 6.45) is 2.42. The zero-order valence-electron chi connectivity index (χ0n) is 17.7. The number of nitrogens with one attached hydrogen (secondary N) is 1. The fraction of sp³-hybridized carbons (Fsp3) is 0.391. The third kappa shape index (κ3) is 7.68. The van der Waals surface area contributed by atoms with Gasteiger partial charge in [0.2, 0.25) is 5.91 Å². The molecule has 3 N–H and O–H groups in total. The molecule has 2 aromatic carbocycles. The zero-order valence-corrected chi connectivity index (χ0v) is 20.0. The molecule has 1 atom stereocenters. The first-order valence-electron chi connectivity index (χ1n) is 10.3. The van der Waals surface area contributed by atoms with Crippen LogP contribution < -0.4 is 15.8 Å². The van der Waals surface area contributed by atoms with Gasteiger partial charge >= 0.3 is 0 Å². The molecular formula is C23H30FIN4O2. The van der Waals surface area contributed by atoms with Crippen LogP contribution in [0.5, 0.6) is 5.75 Å². The van der Waals surface area contributed by atoms with Gasteiger partial charge in [0.05, 0.1) is 5.92 Å². The number of carbonyl (C=O) groups excluding carboxylic acids is 1. The van der Waals surface area contributed by atoms with Gasteiger partial charge in [-0.25, -0.2) is 4.39 Å². The summed E-state index contributed by atoms with van der Waals surface area (Å²) in [7, 11) is 1.73. The van der Waals surface area contributed by atoms with E-state index in [-0.39, 0.29) is 35.9 Å². The lowest BCUT2D eigenvalue weighted by Gasteiger charge is -2.34. The average Bonchev–Trinajstić information content (AvgIpc) is 2.76. The van der Waals surface area contributed by atoms with Gasteiger partial charge in [0, 0.05) is 39.5 Å². The molecule has 1 amide bonds. The number of rotatable bonds is 7. The third-order valence-electron chi connectivity index (χ3n) is 5.30. The Morgan fingerprint density at radius 1 is 1.19 bits per heavy atom. The second-order valence-electron chi connectivity index (χ2n) is 7.48. The molecule has 1 aliphatic heterocycles. The Morgan fingerprint density at radius 2 is 1.84 bits per heavy atom. The number of para-hydroxylation sites is 1. The van der Waals surface area contributed by atoms with Gasteiger partial charge in [-0.15, -0.1) is 24.0 Å². The number of piperidine rings is 1. The number of ether oxygens (including phenoxy) is 1. The van der Waals surface area contributed by atoms with Crippen molar-refractivity contribution in [1.29, 1.82) is 0 Å². The zero-order chi connectivity index (χ0) is 21.3. The first kappa shape index (κ1) is 24.9. The second kappa shape index (κ2) is 12.5. The molecule has 0 saturated carbocycles. The van der Waals surface area contributed by atoms with E-state index in [0.717, 1.165) is 43.2 Å². The second-order valence-corrected chi connectivity index (χ2v) is 7.48. The molecule has 8 heteroatoms. The van der Waals surface area contributed by atoms with Crippen LogP contribution in [-0.2, 0) is 11.2 Å². The lowest BCUT2D eigenvalue weighted by Crippen LogP contribution is -2.49. The Bertz CT molecular complexity index is 840. The van der Waals surface area contributed by atoms with E-state index in [2.05, 4.69) is 15.2 Å². The van der Waals surface area contributed by atoms with Crippen LogP contribution in [0.2, 0.25) is 0 Å². The van der Waals surface area contributed by atoms with E-state index in [0.29, 0.717) is 13.0 Å². The number of hydrogen-bond donors (Lipinski definition) is 2. The first-order valence-corrected chi connectivity index (χ1v) is 10.3. The van der Waals surface area contributed by atoms with Crippen molar-refractivity contribution < 1.29 is 13.9 Å². The standard InChI is InChI=1S/C23H29FN4O2.HI/c1-26-23(27-16-18(22(25)29)15-17-7-9-19(24)10-8-17)28-13-11-21(12-14-28)30-20-5-3-2-4-6-20;/h2-10,18,21H,11-16H2,1H3,(H2,25,29)(H,26,27);1H. The van der Waals surface area contributed by atoms with E-state index < -0.39 is 11.8 Å². The van der Waals surface area contributed by atoms with Crippen LogP contribution in [0.4, 0.5) is 4.39 Å². The van der Waals surface area contributed by atoms with Crippen molar-refractivity contribution in [2.45, 2.75) is 25.4 Å². The van der Waals surface area contributed by atoms with Crippen molar-refractivity contribution in [2.75, 3.05) is 26.7 Å². The van der Waals surface area contributed by atoms with Crippen molar-refractivity contribution in [1.82, 2.24) is 10.2 Å². The third-order valence-corrected chi connectivity index (χ3v) is 5.30. The number of benzene rings is 2. The Labute approximate surface area is 200 Å². The van der Waals surface area contributed by atoms with Crippen molar-refractivity contribution in [3.63, 3.8) is 0 Å². The van der Waals surface area contributed by atoms with Crippen LogP contribution in [-0.4, -0.2) is 49.6 Å². The molecule has 0 radical (unpaired) electrons. The molecule has 6 nitrogen and oxygen atoms in total. The molecule has 3 rings (SSSR count). The summed E-state index contributed by atoms with van der Waals surface area (Å²) in [5, 5.41) is 3.28. The van der Waals surface area contributed by atoms with Crippen LogP contribution >= 0.6 is 24.0 Å². The molecular weight excluding hydrogens is 510 g/mol. The highest BCUT2D eigenvalue weighted by atomic mass is 127. The monoisotopic (exact) mass is 540 g/mol. The summed E-state index contributed by atoms with van der Waals surface area (Å²) in [5.41, 5.74) is 6.46. The topological polar surface area (TPSA) is 79.9 Å². The largest absolute Gasteiger partial charge is 0.490 e. The van der Waals surface area contributed by atoms with Gasteiger partial charge < -0.3 is 20.7 Å². The number of amides is 1. The number of halogens is 2. The first-order chi connectivity index (χ1) is 14.5. The van der Waals surface area contributed by atoms with Crippen LogP contribution in [0.25, 0.3) is 0 Å². The van der Waals surface area contributed by atoms with E-state index >= 15 is 0 Å². The van der Waals surface area contributed by atoms with E-state index in [4.69, 9.17) is 10.5 Å². The number of hydrogen-bond acceptors (Lipinski definition) is 3. The smallest absolute Gasteiger partial charge is 0.222 e. The quantitative estimate of drug-likeness (QED) is 0.321. The number of likely N-dealkylation sites (tertiary alicyclic amines) is 1. The highest BCUT2D eigenvalue weighted by Crippen LogP contribution is 2.19. The average molecular weight is 540 g/mol. The van der Waals surface area contributed by atoms with Gasteiger partial charge in [-0.3, -0.25) is 9.79 Å². The molecule has 168 valence electrons. The molecule has 0 bridgehead atoms. The summed E-state index contributed by atoms with van der Waals surface area (Å²) >= 11 is 0. The predicted molar refractivity (Wildman–Crippen MR) is 131 cm³/mol. The minimum absolute atomic E-state index is 0. The number of nitrogens with zero attached hydrogens (tertiary/aromatic N) is 2. The number of carbonyl (C=O) groups is 1. The molecule has 1 saturated heterocycles. The fourth-order valence-electron chi connectivity index (χ4n) is 3.60. The summed E-state index contributed by atoms with van der Waals surface area (Å²) in [6, 6.07) is 16.0. The van der Waals surface area contributed by atoms with Crippen LogP contribution in [0.1, 0.15) is 18.4 Å². The van der Waals surface area contributed by atoms with Crippen LogP contribution in [0.3, 0.4) is 0 Å². The van der Waals surface area contributed by atoms with E-state index in [1.807, 2.05) is 30.3 Å². The molecule has 1 heterocycles. The number of aliphatic imine (C=N–C) groups is 1. The van der Waals surface area contributed by atoms with Crippen molar-refractivity contribution in [2.24, 2.45) is 16.6 Å². The summed E-state index contributed by atoms with van der Waals surface area (Å²) < 4.78 is 19.2. The highest BCUT2D eigenvalue weighted by molar-refractivity contribution is 14.0. The maximum absolute atomic E-state index is 13.1. The molecule has 0 spiro atoms. The SMILES string of the molecule is CN=C(NCC(Cc1ccc(F)cc1)C(N)=O)N1CCC(Oc2ccccc2)CC1.I. The molecule has 1 fully saturated rings. The van der Waals surface area contributed by atoms with Gasteiger partial charge in [0.25, 0.3) is 0 Å². The Morgan fingerprint density at radius 3 is 2.42 bits per heavy atom. The number of guanidine groups is 1. The number of primary amides is 1. The van der Waals surface area contributed by atoms with Crippen molar-refractivity contribution >= 4 is 35.8 Å². The van der Waals surface area contributed by atoms with Gasteiger partial charge in [-0.2, -0.15) is 0 Å². The minimum atomic E-state index is -0.411. The maximum Gasteiger partial charge on any atom is 0.222 e. The lowest BCUT2D eigenvalue weighted by atomic mass is 9.98. The molecule has 1 unspecified atom stereocenters. The Hall–Kier alpha value is -2.36. The van der Waals surface area contributed by atoms with Crippen molar-refractivity contribution in [3.8, 4) is 5.75 Å². The lowest BCUT2D eigenvalue weighted by molar-refractivity contribution is -0.121. The van der Waals surface area contributed by atoms with Crippen LogP contribution in [0.15, 0.2) is 59.6 Å². The van der Waals surface area contributed by atoms with Crippen LogP contribution in [0, 0.1) is 11.7 Å². The van der Waals surface area contributed by atoms with E-state index in [1.165, 1.54) is 12.1 Å². The van der Waals surface area contributed by atoms with Gasteiger partial charge in [-0.1, -0.05) is 30.3 Å². The summed E-state index contributed by atoms with van der Waals surface area (Å²) in [5.74, 6) is 0.540. The van der Waals surface area contributed by atoms with E-state index in [9.17, 15) is 9.18 Å². The molecule has 1 aliphatic rings. The maximum atomic E-state index is 13.1. The normalized spacial score (nSPS) is 15.7. The summed E-state index contributed by atoms with van der Waals surface area (Å²) in [4.78, 5) is 18.4.